The third-order valence-corrected chi connectivity index (χ3v) is 5.89. The lowest BCUT2D eigenvalue weighted by Gasteiger charge is -2.28. The second-order valence-corrected chi connectivity index (χ2v) is 7.97. The maximum absolute atomic E-state index is 12.6. The van der Waals surface area contributed by atoms with Crippen LogP contribution < -0.4 is 10.1 Å². The standard InChI is InChI=1S/C26H30N2O3/c1-30-22-11-9-20(10-12-22)24(28-17-5-6-18-28)19-27-26(29)16-14-23-13-15-25(31-23)21-7-3-2-4-8-21/h2-4,7-13,15,24H,5-6,14,16-19H2,1H3,(H,27,29)/t24-/m1/s1. The molecule has 0 radical (unpaired) electrons. The van der Waals surface area contributed by atoms with E-state index in [4.69, 9.17) is 9.15 Å². The van der Waals surface area contributed by atoms with Gasteiger partial charge in [-0.05, 0) is 55.8 Å². The molecule has 31 heavy (non-hydrogen) atoms. The zero-order valence-electron chi connectivity index (χ0n) is 18.0. The van der Waals surface area contributed by atoms with Gasteiger partial charge in [0.1, 0.15) is 17.3 Å². The first-order chi connectivity index (χ1) is 15.2. The number of aryl methyl sites for hydroxylation is 1. The topological polar surface area (TPSA) is 54.7 Å². The molecule has 0 aliphatic carbocycles. The molecule has 2 heterocycles. The molecule has 0 spiro atoms. The number of hydrogen-bond donors (Lipinski definition) is 1. The quantitative estimate of drug-likeness (QED) is 0.540. The number of likely N-dealkylation sites (tertiary alicyclic amines) is 1. The van der Waals surface area contributed by atoms with E-state index in [1.807, 2.05) is 54.6 Å². The summed E-state index contributed by atoms with van der Waals surface area (Å²) in [7, 11) is 1.68. The Bertz CT molecular complexity index is 960. The van der Waals surface area contributed by atoms with Crippen molar-refractivity contribution in [3.63, 3.8) is 0 Å². The maximum atomic E-state index is 12.6. The highest BCUT2D eigenvalue weighted by Gasteiger charge is 2.24. The molecule has 2 aromatic carbocycles. The van der Waals surface area contributed by atoms with Gasteiger partial charge in [-0.25, -0.2) is 0 Å². The molecule has 1 atom stereocenters. The van der Waals surface area contributed by atoms with Crippen LogP contribution in [-0.2, 0) is 11.2 Å². The fourth-order valence-corrected chi connectivity index (χ4v) is 4.14. The SMILES string of the molecule is COc1ccc([C@@H](CNC(=O)CCc2ccc(-c3ccccc3)o2)N2CCCC2)cc1. The van der Waals surface area contributed by atoms with Gasteiger partial charge in [0.15, 0.2) is 0 Å². The van der Waals surface area contributed by atoms with Crippen LogP contribution in [0.3, 0.4) is 0 Å². The lowest BCUT2D eigenvalue weighted by molar-refractivity contribution is -0.121. The van der Waals surface area contributed by atoms with Gasteiger partial charge in [-0.15, -0.1) is 0 Å². The van der Waals surface area contributed by atoms with Crippen LogP contribution >= 0.6 is 0 Å². The summed E-state index contributed by atoms with van der Waals surface area (Å²) in [5, 5.41) is 3.14. The first kappa shape index (κ1) is 21.2. The summed E-state index contributed by atoms with van der Waals surface area (Å²) < 4.78 is 11.2. The van der Waals surface area contributed by atoms with E-state index in [1.54, 1.807) is 7.11 Å². The lowest BCUT2D eigenvalue weighted by Crippen LogP contribution is -2.36. The van der Waals surface area contributed by atoms with Crippen LogP contribution in [-0.4, -0.2) is 37.6 Å². The Morgan fingerprint density at radius 2 is 1.77 bits per heavy atom. The minimum absolute atomic E-state index is 0.0513. The second kappa shape index (κ2) is 10.3. The number of carbonyl (C=O) groups excluding carboxylic acids is 1. The van der Waals surface area contributed by atoms with Gasteiger partial charge in [0.05, 0.1) is 13.2 Å². The molecule has 0 saturated carbocycles. The van der Waals surface area contributed by atoms with E-state index in [0.29, 0.717) is 19.4 Å². The molecule has 1 aliphatic rings. The van der Waals surface area contributed by atoms with Gasteiger partial charge >= 0.3 is 0 Å². The molecule has 5 heteroatoms. The predicted molar refractivity (Wildman–Crippen MR) is 122 cm³/mol. The summed E-state index contributed by atoms with van der Waals surface area (Å²) >= 11 is 0. The Morgan fingerprint density at radius 3 is 2.48 bits per heavy atom. The number of hydrogen-bond acceptors (Lipinski definition) is 4. The Kier molecular flexibility index (Phi) is 7.05. The number of furan rings is 1. The van der Waals surface area contributed by atoms with Crippen molar-refractivity contribution in [1.29, 1.82) is 0 Å². The van der Waals surface area contributed by atoms with Gasteiger partial charge in [0.25, 0.3) is 0 Å². The van der Waals surface area contributed by atoms with Crippen LogP contribution in [0.2, 0.25) is 0 Å². The molecule has 0 unspecified atom stereocenters. The smallest absolute Gasteiger partial charge is 0.220 e. The molecule has 4 rings (SSSR count). The molecule has 5 nitrogen and oxygen atoms in total. The monoisotopic (exact) mass is 418 g/mol. The first-order valence-electron chi connectivity index (χ1n) is 11.0. The maximum Gasteiger partial charge on any atom is 0.220 e. The van der Waals surface area contributed by atoms with Crippen LogP contribution in [0.25, 0.3) is 11.3 Å². The van der Waals surface area contributed by atoms with Crippen LogP contribution in [0.4, 0.5) is 0 Å². The van der Waals surface area contributed by atoms with E-state index in [0.717, 1.165) is 35.9 Å². The van der Waals surface area contributed by atoms with Crippen molar-refractivity contribution in [2.24, 2.45) is 0 Å². The summed E-state index contributed by atoms with van der Waals surface area (Å²) in [6.07, 6.45) is 3.43. The fourth-order valence-electron chi connectivity index (χ4n) is 4.14. The summed E-state index contributed by atoms with van der Waals surface area (Å²) in [5.74, 6) is 2.57. The number of methoxy groups -OCH3 is 1. The molecule has 1 aliphatic heterocycles. The van der Waals surface area contributed by atoms with Gasteiger partial charge in [-0.3, -0.25) is 9.69 Å². The normalized spacial score (nSPS) is 15.0. The third-order valence-electron chi connectivity index (χ3n) is 5.89. The van der Waals surface area contributed by atoms with Crippen LogP contribution in [0, 0.1) is 0 Å². The van der Waals surface area contributed by atoms with E-state index in [1.165, 1.54) is 18.4 Å². The second-order valence-electron chi connectivity index (χ2n) is 7.97. The molecule has 1 saturated heterocycles. The highest BCUT2D eigenvalue weighted by molar-refractivity contribution is 5.76. The number of nitrogens with zero attached hydrogens (tertiary/aromatic N) is 1. The molecule has 1 amide bonds. The molecule has 1 fully saturated rings. The van der Waals surface area contributed by atoms with Crippen molar-refractivity contribution in [1.82, 2.24) is 10.2 Å². The largest absolute Gasteiger partial charge is 0.497 e. The zero-order chi connectivity index (χ0) is 21.5. The summed E-state index contributed by atoms with van der Waals surface area (Å²) in [6, 6.07) is 22.3. The summed E-state index contributed by atoms with van der Waals surface area (Å²) in [4.78, 5) is 15.0. The number of nitrogens with one attached hydrogen (secondary N) is 1. The highest BCUT2D eigenvalue weighted by atomic mass is 16.5. The predicted octanol–water partition coefficient (Wildman–Crippen LogP) is 4.84. The van der Waals surface area contributed by atoms with Crippen LogP contribution in [0.5, 0.6) is 5.75 Å². The Hall–Kier alpha value is -3.05. The molecule has 3 aromatic rings. The van der Waals surface area contributed by atoms with E-state index in [-0.39, 0.29) is 11.9 Å². The summed E-state index contributed by atoms with van der Waals surface area (Å²) in [5.41, 5.74) is 2.26. The van der Waals surface area contributed by atoms with Crippen molar-refractivity contribution in [3.8, 4) is 17.1 Å². The van der Waals surface area contributed by atoms with Crippen LogP contribution in [0.1, 0.15) is 36.6 Å². The summed E-state index contributed by atoms with van der Waals surface area (Å²) in [6.45, 7) is 2.75. The molecule has 1 aromatic heterocycles. The van der Waals surface area contributed by atoms with Crippen molar-refractivity contribution >= 4 is 5.91 Å². The van der Waals surface area contributed by atoms with Gasteiger partial charge < -0.3 is 14.5 Å². The molecular weight excluding hydrogens is 388 g/mol. The van der Waals surface area contributed by atoms with E-state index in [2.05, 4.69) is 22.3 Å². The van der Waals surface area contributed by atoms with E-state index < -0.39 is 0 Å². The van der Waals surface area contributed by atoms with Gasteiger partial charge in [-0.1, -0.05) is 42.5 Å². The molecule has 0 bridgehead atoms. The Balaban J connectivity index is 1.32. The first-order valence-corrected chi connectivity index (χ1v) is 11.0. The van der Waals surface area contributed by atoms with Gasteiger partial charge in [0, 0.05) is 24.9 Å². The average Bonchev–Trinajstić information content (AvgIpc) is 3.51. The zero-order valence-corrected chi connectivity index (χ0v) is 18.0. The number of benzene rings is 2. The van der Waals surface area contributed by atoms with Crippen LogP contribution in [0.15, 0.2) is 71.1 Å². The third kappa shape index (κ3) is 5.56. The van der Waals surface area contributed by atoms with E-state index in [9.17, 15) is 4.79 Å². The minimum atomic E-state index is 0.0513. The lowest BCUT2D eigenvalue weighted by atomic mass is 10.0. The van der Waals surface area contributed by atoms with E-state index >= 15 is 0 Å². The average molecular weight is 419 g/mol. The molecule has 162 valence electrons. The minimum Gasteiger partial charge on any atom is -0.497 e. The number of rotatable bonds is 9. The van der Waals surface area contributed by atoms with Gasteiger partial charge in [0.2, 0.25) is 5.91 Å². The molecule has 1 N–H and O–H groups in total. The number of amides is 1. The Labute approximate surface area is 184 Å². The number of ether oxygens (including phenoxy) is 1. The fraction of sp³-hybridized carbons (Fsp3) is 0.346. The number of carbonyl (C=O) groups is 1. The highest BCUT2D eigenvalue weighted by Crippen LogP contribution is 2.26. The van der Waals surface area contributed by atoms with Crippen molar-refractivity contribution in [2.75, 3.05) is 26.7 Å². The van der Waals surface area contributed by atoms with Crippen molar-refractivity contribution in [3.05, 3.63) is 78.1 Å². The van der Waals surface area contributed by atoms with Crippen molar-refractivity contribution < 1.29 is 13.9 Å². The Morgan fingerprint density at radius 1 is 1.03 bits per heavy atom. The molecular formula is C26H30N2O3. The van der Waals surface area contributed by atoms with Crippen molar-refractivity contribution in [2.45, 2.75) is 31.7 Å². The van der Waals surface area contributed by atoms with Gasteiger partial charge in [-0.2, -0.15) is 0 Å².